The zero-order chi connectivity index (χ0) is 15.4. The fraction of sp³-hybridized carbons (Fsp3) is 0.333. The number of likely N-dealkylation sites (tertiary alicyclic amines) is 1. The third-order valence-corrected chi connectivity index (χ3v) is 4.47. The first kappa shape index (κ1) is 15.0. The Hall–Kier alpha value is -1.94. The summed E-state index contributed by atoms with van der Waals surface area (Å²) in [6.45, 7) is 3.09. The second-order valence-corrected chi connectivity index (χ2v) is 6.17. The van der Waals surface area contributed by atoms with Crippen LogP contribution in [0.15, 0.2) is 48.8 Å². The molecule has 0 radical (unpaired) electrons. The van der Waals surface area contributed by atoms with Crippen LogP contribution in [0.25, 0.3) is 0 Å². The van der Waals surface area contributed by atoms with Crippen molar-refractivity contribution in [3.8, 4) is 0 Å². The van der Waals surface area contributed by atoms with Crippen molar-refractivity contribution in [2.24, 2.45) is 0 Å². The normalized spacial score (nSPS) is 18.0. The summed E-state index contributed by atoms with van der Waals surface area (Å²) >= 11 is 5.66. The van der Waals surface area contributed by atoms with Gasteiger partial charge in [-0.25, -0.2) is 0 Å². The Bertz CT molecular complexity index is 625. The maximum atomic E-state index is 5.66. The number of anilines is 1. The molecule has 0 unspecified atom stereocenters. The molecule has 0 spiro atoms. The zero-order valence-electron chi connectivity index (χ0n) is 12.8. The molecule has 2 heterocycles. The summed E-state index contributed by atoms with van der Waals surface area (Å²) in [5.41, 5.74) is 3.55. The van der Waals surface area contributed by atoms with Crippen LogP contribution in [0.1, 0.15) is 36.4 Å². The number of rotatable bonds is 2. The van der Waals surface area contributed by atoms with Crippen LogP contribution >= 0.6 is 12.2 Å². The van der Waals surface area contributed by atoms with Crippen molar-refractivity contribution in [2.75, 3.05) is 11.9 Å². The highest BCUT2D eigenvalue weighted by Gasteiger charge is 2.26. The Kier molecular flexibility index (Phi) is 4.68. The van der Waals surface area contributed by atoms with Crippen LogP contribution in [0.5, 0.6) is 0 Å². The van der Waals surface area contributed by atoms with Gasteiger partial charge in [0, 0.05) is 24.6 Å². The Morgan fingerprint density at radius 1 is 1.23 bits per heavy atom. The van der Waals surface area contributed by atoms with Crippen LogP contribution in [0.4, 0.5) is 5.69 Å². The molecule has 1 fully saturated rings. The number of hydrogen-bond donors (Lipinski definition) is 1. The SMILES string of the molecule is Cc1ccc(NC(=S)N2CCCC[C@@H]2c2cccnc2)cc1. The highest BCUT2D eigenvalue weighted by Crippen LogP contribution is 2.31. The predicted molar refractivity (Wildman–Crippen MR) is 94.9 cm³/mol. The van der Waals surface area contributed by atoms with Crippen LogP contribution < -0.4 is 5.32 Å². The number of nitrogens with one attached hydrogen (secondary N) is 1. The smallest absolute Gasteiger partial charge is 0.173 e. The molecule has 2 aromatic rings. The van der Waals surface area contributed by atoms with Crippen molar-refractivity contribution >= 4 is 23.0 Å². The Balaban J connectivity index is 1.75. The van der Waals surface area contributed by atoms with Gasteiger partial charge in [-0.1, -0.05) is 23.8 Å². The summed E-state index contributed by atoms with van der Waals surface area (Å²) in [5.74, 6) is 0. The molecule has 3 rings (SSSR count). The number of piperidine rings is 1. The summed E-state index contributed by atoms with van der Waals surface area (Å²) < 4.78 is 0. The van der Waals surface area contributed by atoms with E-state index < -0.39 is 0 Å². The molecule has 1 aliphatic heterocycles. The maximum Gasteiger partial charge on any atom is 0.173 e. The molecule has 3 nitrogen and oxygen atoms in total. The molecule has 0 saturated carbocycles. The molecule has 22 heavy (non-hydrogen) atoms. The minimum absolute atomic E-state index is 0.327. The highest BCUT2D eigenvalue weighted by atomic mass is 32.1. The summed E-state index contributed by atoms with van der Waals surface area (Å²) in [7, 11) is 0. The third kappa shape index (κ3) is 3.45. The standard InChI is InChI=1S/C18H21N3S/c1-14-7-9-16(10-8-14)20-18(22)21-12-3-2-6-17(21)15-5-4-11-19-13-15/h4-5,7-11,13,17H,2-3,6,12H2,1H3,(H,20,22)/t17-/m1/s1. The van der Waals surface area contributed by atoms with Gasteiger partial charge in [-0.2, -0.15) is 0 Å². The number of hydrogen-bond acceptors (Lipinski definition) is 2. The first-order valence-electron chi connectivity index (χ1n) is 7.78. The number of nitrogens with zero attached hydrogens (tertiary/aromatic N) is 2. The summed E-state index contributed by atoms with van der Waals surface area (Å²) in [5, 5.41) is 4.18. The van der Waals surface area contributed by atoms with Gasteiger partial charge in [0.25, 0.3) is 0 Å². The van der Waals surface area contributed by atoms with E-state index in [0.717, 1.165) is 23.8 Å². The van der Waals surface area contributed by atoms with Crippen molar-refractivity contribution in [3.63, 3.8) is 0 Å². The number of aryl methyl sites for hydroxylation is 1. The number of aromatic nitrogens is 1. The zero-order valence-corrected chi connectivity index (χ0v) is 13.6. The molecule has 1 aromatic heterocycles. The van der Waals surface area contributed by atoms with E-state index in [-0.39, 0.29) is 0 Å². The van der Waals surface area contributed by atoms with E-state index in [1.165, 1.54) is 24.0 Å². The average Bonchev–Trinajstić information content (AvgIpc) is 2.58. The molecular formula is C18H21N3S. The molecule has 4 heteroatoms. The molecule has 0 aliphatic carbocycles. The number of thiocarbonyl (C=S) groups is 1. The molecular weight excluding hydrogens is 290 g/mol. The molecule has 1 aromatic carbocycles. The monoisotopic (exact) mass is 311 g/mol. The summed E-state index contributed by atoms with van der Waals surface area (Å²) in [6, 6.07) is 12.8. The first-order chi connectivity index (χ1) is 10.7. The molecule has 1 N–H and O–H groups in total. The van der Waals surface area contributed by atoms with Gasteiger partial charge in [-0.15, -0.1) is 0 Å². The molecule has 0 amide bonds. The highest BCUT2D eigenvalue weighted by molar-refractivity contribution is 7.80. The van der Waals surface area contributed by atoms with Gasteiger partial charge in [0.1, 0.15) is 0 Å². The number of benzene rings is 1. The number of pyridine rings is 1. The fourth-order valence-electron chi connectivity index (χ4n) is 2.93. The molecule has 1 aliphatic rings. The molecule has 1 saturated heterocycles. The van der Waals surface area contributed by atoms with Crippen molar-refractivity contribution in [1.82, 2.24) is 9.88 Å². The van der Waals surface area contributed by atoms with Crippen LogP contribution in [-0.2, 0) is 0 Å². The second kappa shape index (κ2) is 6.88. The van der Waals surface area contributed by atoms with E-state index in [1.807, 2.05) is 18.5 Å². The van der Waals surface area contributed by atoms with E-state index >= 15 is 0 Å². The van der Waals surface area contributed by atoms with E-state index in [1.54, 1.807) is 0 Å². The van der Waals surface area contributed by atoms with Gasteiger partial charge in [0.05, 0.1) is 6.04 Å². The van der Waals surface area contributed by atoms with E-state index in [9.17, 15) is 0 Å². The lowest BCUT2D eigenvalue weighted by Gasteiger charge is -2.37. The van der Waals surface area contributed by atoms with Crippen molar-refractivity contribution in [3.05, 3.63) is 59.9 Å². The largest absolute Gasteiger partial charge is 0.342 e. The topological polar surface area (TPSA) is 28.2 Å². The third-order valence-electron chi connectivity index (χ3n) is 4.14. The van der Waals surface area contributed by atoms with Gasteiger partial charge < -0.3 is 10.2 Å². The van der Waals surface area contributed by atoms with Crippen molar-refractivity contribution < 1.29 is 0 Å². The van der Waals surface area contributed by atoms with Crippen molar-refractivity contribution in [2.45, 2.75) is 32.2 Å². The van der Waals surface area contributed by atoms with Crippen LogP contribution in [0.2, 0.25) is 0 Å². The fourth-order valence-corrected chi connectivity index (χ4v) is 3.26. The first-order valence-corrected chi connectivity index (χ1v) is 8.19. The van der Waals surface area contributed by atoms with Gasteiger partial charge >= 0.3 is 0 Å². The minimum Gasteiger partial charge on any atom is -0.342 e. The Morgan fingerprint density at radius 2 is 2.05 bits per heavy atom. The van der Waals surface area contributed by atoms with Crippen LogP contribution in [-0.4, -0.2) is 21.5 Å². The predicted octanol–water partition coefficient (Wildman–Crippen LogP) is 4.31. The van der Waals surface area contributed by atoms with Crippen LogP contribution in [0, 0.1) is 6.92 Å². The summed E-state index contributed by atoms with van der Waals surface area (Å²) in [4.78, 5) is 6.56. The van der Waals surface area contributed by atoms with E-state index in [0.29, 0.717) is 6.04 Å². The molecule has 1 atom stereocenters. The van der Waals surface area contributed by atoms with Crippen LogP contribution in [0.3, 0.4) is 0 Å². The molecule has 0 bridgehead atoms. The van der Waals surface area contributed by atoms with Gasteiger partial charge in [0.2, 0.25) is 0 Å². The molecule has 114 valence electrons. The quantitative estimate of drug-likeness (QED) is 0.836. The minimum atomic E-state index is 0.327. The van der Waals surface area contributed by atoms with Gasteiger partial charge in [-0.3, -0.25) is 4.98 Å². The average molecular weight is 311 g/mol. The van der Waals surface area contributed by atoms with Crippen molar-refractivity contribution in [1.29, 1.82) is 0 Å². The lowest BCUT2D eigenvalue weighted by Crippen LogP contribution is -2.41. The Labute approximate surface area is 137 Å². The summed E-state index contributed by atoms with van der Waals surface area (Å²) in [6.07, 6.45) is 7.33. The lowest BCUT2D eigenvalue weighted by atomic mass is 9.97. The van der Waals surface area contributed by atoms with Gasteiger partial charge in [0.15, 0.2) is 5.11 Å². The second-order valence-electron chi connectivity index (χ2n) is 5.79. The van der Waals surface area contributed by atoms with E-state index in [4.69, 9.17) is 12.2 Å². The van der Waals surface area contributed by atoms with Gasteiger partial charge in [-0.05, 0) is 62.2 Å². The Morgan fingerprint density at radius 3 is 2.77 bits per heavy atom. The maximum absolute atomic E-state index is 5.66. The lowest BCUT2D eigenvalue weighted by molar-refractivity contribution is 0.248. The van der Waals surface area contributed by atoms with E-state index in [2.05, 4.69) is 52.5 Å².